The molecule has 1 amide bonds. The number of carbonyl (C=O) groups is 1. The van der Waals surface area contributed by atoms with E-state index in [9.17, 15) is 4.79 Å². The van der Waals surface area contributed by atoms with Crippen molar-refractivity contribution in [2.75, 3.05) is 12.3 Å². The molecule has 5 heteroatoms. The number of carbonyl (C=O) groups excluding carboxylic acids is 1. The lowest BCUT2D eigenvalue weighted by Gasteiger charge is -2.06. The van der Waals surface area contributed by atoms with Gasteiger partial charge in [-0.05, 0) is 31.0 Å². The molecule has 0 aliphatic heterocycles. The number of amides is 1. The molecule has 0 saturated carbocycles. The van der Waals surface area contributed by atoms with Crippen molar-refractivity contribution in [3.63, 3.8) is 0 Å². The number of hydrogen-bond donors (Lipinski definition) is 2. The Balaban J connectivity index is 2.15. The zero-order valence-electron chi connectivity index (χ0n) is 10.4. The monoisotopic (exact) mass is 287 g/mol. The first kappa shape index (κ1) is 15.3. The van der Waals surface area contributed by atoms with Crippen LogP contribution < -0.4 is 5.32 Å². The molecule has 1 rings (SSSR count). The van der Waals surface area contributed by atoms with Crippen LogP contribution in [0.3, 0.4) is 0 Å². The third kappa shape index (κ3) is 6.89. The topological polar surface area (TPSA) is 49.3 Å². The molecular weight excluding hydrogens is 270 g/mol. The van der Waals surface area contributed by atoms with E-state index in [0.717, 1.165) is 16.3 Å². The Kier molecular flexibility index (Phi) is 7.16. The number of hydrogen-bond acceptors (Lipinski definition) is 3. The second-order valence-corrected chi connectivity index (χ2v) is 5.53. The SMILES string of the molecule is CC(O)CCNC(=O)CSCc1cccc(Cl)c1. The van der Waals surface area contributed by atoms with Crippen LogP contribution in [0.4, 0.5) is 0 Å². The molecule has 0 heterocycles. The van der Waals surface area contributed by atoms with Crippen LogP contribution in [0.2, 0.25) is 5.02 Å². The molecule has 3 nitrogen and oxygen atoms in total. The molecule has 0 spiro atoms. The quantitative estimate of drug-likeness (QED) is 0.810. The van der Waals surface area contributed by atoms with Gasteiger partial charge < -0.3 is 10.4 Å². The van der Waals surface area contributed by atoms with Crippen molar-refractivity contribution < 1.29 is 9.90 Å². The van der Waals surface area contributed by atoms with E-state index in [-0.39, 0.29) is 12.0 Å². The van der Waals surface area contributed by atoms with Gasteiger partial charge >= 0.3 is 0 Å². The number of aliphatic hydroxyl groups is 1. The second-order valence-electron chi connectivity index (χ2n) is 4.11. The van der Waals surface area contributed by atoms with Crippen LogP contribution in [0.5, 0.6) is 0 Å². The molecule has 1 unspecified atom stereocenters. The summed E-state index contributed by atoms with van der Waals surface area (Å²) in [6.45, 7) is 2.23. The minimum Gasteiger partial charge on any atom is -0.393 e. The molecule has 18 heavy (non-hydrogen) atoms. The molecule has 1 atom stereocenters. The minimum atomic E-state index is -0.371. The van der Waals surface area contributed by atoms with E-state index in [2.05, 4.69) is 5.32 Å². The van der Waals surface area contributed by atoms with Gasteiger partial charge in [0.05, 0.1) is 11.9 Å². The number of thioether (sulfide) groups is 1. The van der Waals surface area contributed by atoms with Gasteiger partial charge in [-0.15, -0.1) is 11.8 Å². The van der Waals surface area contributed by atoms with E-state index in [4.69, 9.17) is 16.7 Å². The predicted octanol–water partition coefficient (Wildman–Crippen LogP) is 2.46. The summed E-state index contributed by atoms with van der Waals surface area (Å²) in [5.74, 6) is 1.19. The Labute approximate surface area is 117 Å². The highest BCUT2D eigenvalue weighted by Crippen LogP contribution is 2.16. The van der Waals surface area contributed by atoms with Crippen LogP contribution in [0.15, 0.2) is 24.3 Å². The Morgan fingerprint density at radius 1 is 1.56 bits per heavy atom. The molecule has 1 aromatic carbocycles. The normalized spacial score (nSPS) is 12.2. The van der Waals surface area contributed by atoms with E-state index < -0.39 is 0 Å². The van der Waals surface area contributed by atoms with Gasteiger partial charge in [0, 0.05) is 17.3 Å². The molecular formula is C13H18ClNO2S. The predicted molar refractivity (Wildman–Crippen MR) is 76.9 cm³/mol. The van der Waals surface area contributed by atoms with Crippen LogP contribution in [0.1, 0.15) is 18.9 Å². The summed E-state index contributed by atoms with van der Waals surface area (Å²) in [5.41, 5.74) is 1.12. The van der Waals surface area contributed by atoms with Crippen molar-refractivity contribution in [2.24, 2.45) is 0 Å². The first-order valence-electron chi connectivity index (χ1n) is 5.85. The Morgan fingerprint density at radius 3 is 3.00 bits per heavy atom. The molecule has 1 aromatic rings. The van der Waals surface area contributed by atoms with Gasteiger partial charge in [0.1, 0.15) is 0 Å². The Morgan fingerprint density at radius 2 is 2.33 bits per heavy atom. The fraction of sp³-hybridized carbons (Fsp3) is 0.462. The number of halogens is 1. The highest BCUT2D eigenvalue weighted by atomic mass is 35.5. The van der Waals surface area contributed by atoms with Crippen molar-refractivity contribution in [3.05, 3.63) is 34.9 Å². The summed E-state index contributed by atoms with van der Waals surface area (Å²) in [6, 6.07) is 7.63. The molecule has 2 N–H and O–H groups in total. The van der Waals surface area contributed by atoms with Crippen molar-refractivity contribution >= 4 is 29.3 Å². The standard InChI is InChI=1S/C13H18ClNO2S/c1-10(16)5-6-15-13(17)9-18-8-11-3-2-4-12(14)7-11/h2-4,7,10,16H,5-6,8-9H2,1H3,(H,15,17). The lowest BCUT2D eigenvalue weighted by Crippen LogP contribution is -2.28. The largest absolute Gasteiger partial charge is 0.393 e. The van der Waals surface area contributed by atoms with E-state index in [1.807, 2.05) is 24.3 Å². The molecule has 0 saturated heterocycles. The minimum absolute atomic E-state index is 0.00248. The molecule has 0 bridgehead atoms. The third-order valence-electron chi connectivity index (χ3n) is 2.28. The Bertz CT molecular complexity index is 385. The van der Waals surface area contributed by atoms with Crippen molar-refractivity contribution in [3.8, 4) is 0 Å². The van der Waals surface area contributed by atoms with E-state index in [0.29, 0.717) is 18.7 Å². The summed E-state index contributed by atoms with van der Waals surface area (Å²) in [6.07, 6.45) is 0.217. The molecule has 0 aromatic heterocycles. The van der Waals surface area contributed by atoms with Crippen LogP contribution in [0, 0.1) is 0 Å². The zero-order chi connectivity index (χ0) is 13.4. The van der Waals surface area contributed by atoms with Gasteiger partial charge in [-0.1, -0.05) is 23.7 Å². The summed E-state index contributed by atoms with van der Waals surface area (Å²) >= 11 is 7.42. The van der Waals surface area contributed by atoms with Gasteiger partial charge in [-0.3, -0.25) is 4.79 Å². The number of nitrogens with one attached hydrogen (secondary N) is 1. The highest BCUT2D eigenvalue weighted by Gasteiger charge is 2.03. The van der Waals surface area contributed by atoms with Crippen molar-refractivity contribution in [1.29, 1.82) is 0 Å². The first-order chi connectivity index (χ1) is 8.58. The molecule has 100 valence electrons. The third-order valence-corrected chi connectivity index (χ3v) is 3.51. The summed E-state index contributed by atoms with van der Waals surface area (Å²) in [7, 11) is 0. The van der Waals surface area contributed by atoms with E-state index in [1.165, 1.54) is 0 Å². The fourth-order valence-corrected chi connectivity index (χ4v) is 2.38. The summed E-state index contributed by atoms with van der Waals surface area (Å²) < 4.78 is 0. The second kappa shape index (κ2) is 8.40. The maximum absolute atomic E-state index is 11.4. The van der Waals surface area contributed by atoms with Gasteiger partial charge in [0.15, 0.2) is 0 Å². The average molecular weight is 288 g/mol. The maximum Gasteiger partial charge on any atom is 0.230 e. The van der Waals surface area contributed by atoms with Gasteiger partial charge in [0.2, 0.25) is 5.91 Å². The van der Waals surface area contributed by atoms with E-state index in [1.54, 1.807) is 18.7 Å². The molecule has 0 fully saturated rings. The molecule has 0 aliphatic rings. The smallest absolute Gasteiger partial charge is 0.230 e. The highest BCUT2D eigenvalue weighted by molar-refractivity contribution is 7.99. The van der Waals surface area contributed by atoms with Gasteiger partial charge in [-0.2, -0.15) is 0 Å². The average Bonchev–Trinajstić information content (AvgIpc) is 2.28. The summed E-state index contributed by atoms with van der Waals surface area (Å²) in [4.78, 5) is 11.4. The van der Waals surface area contributed by atoms with Gasteiger partial charge in [0.25, 0.3) is 0 Å². The van der Waals surface area contributed by atoms with Crippen LogP contribution in [0.25, 0.3) is 0 Å². The number of rotatable bonds is 7. The first-order valence-corrected chi connectivity index (χ1v) is 7.38. The zero-order valence-corrected chi connectivity index (χ0v) is 11.9. The fourth-order valence-electron chi connectivity index (χ4n) is 1.36. The van der Waals surface area contributed by atoms with Crippen LogP contribution in [-0.2, 0) is 10.5 Å². The summed E-state index contributed by atoms with van der Waals surface area (Å²) in [5, 5.41) is 12.5. The van der Waals surface area contributed by atoms with Crippen LogP contribution >= 0.6 is 23.4 Å². The van der Waals surface area contributed by atoms with Crippen LogP contribution in [-0.4, -0.2) is 29.4 Å². The van der Waals surface area contributed by atoms with E-state index >= 15 is 0 Å². The number of aliphatic hydroxyl groups excluding tert-OH is 1. The molecule has 0 aliphatic carbocycles. The maximum atomic E-state index is 11.4. The van der Waals surface area contributed by atoms with Crippen molar-refractivity contribution in [2.45, 2.75) is 25.2 Å². The van der Waals surface area contributed by atoms with Gasteiger partial charge in [-0.25, -0.2) is 0 Å². The Hall–Kier alpha value is -0.710. The number of benzene rings is 1. The lowest BCUT2D eigenvalue weighted by atomic mass is 10.2. The molecule has 0 radical (unpaired) electrons. The lowest BCUT2D eigenvalue weighted by molar-refractivity contribution is -0.118. The van der Waals surface area contributed by atoms with Crippen molar-refractivity contribution in [1.82, 2.24) is 5.32 Å².